The summed E-state index contributed by atoms with van der Waals surface area (Å²) in [6, 6.07) is 3.72. The first-order chi connectivity index (χ1) is 6.84. The van der Waals surface area contributed by atoms with Crippen LogP contribution in [0.2, 0.25) is 0 Å². The summed E-state index contributed by atoms with van der Waals surface area (Å²) in [6.45, 7) is 1.72. The molecule has 1 aliphatic heterocycles. The fourth-order valence-electron chi connectivity index (χ4n) is 1.53. The maximum absolute atomic E-state index is 5.53. The SMILES string of the molecule is Nc1ccc(NCC2CCCO2)nc1. The van der Waals surface area contributed by atoms with Crippen LogP contribution in [0.15, 0.2) is 18.3 Å². The third kappa shape index (κ3) is 2.35. The second-order valence-corrected chi connectivity index (χ2v) is 3.49. The number of ether oxygens (including phenoxy) is 1. The first-order valence-electron chi connectivity index (χ1n) is 4.91. The standard InChI is InChI=1S/C10H15N3O/c11-8-3-4-10(12-6-8)13-7-9-2-1-5-14-9/h3-4,6,9H,1-2,5,7,11H2,(H,12,13). The Bertz CT molecular complexity index is 280. The zero-order valence-corrected chi connectivity index (χ0v) is 8.07. The number of anilines is 2. The predicted octanol–water partition coefficient (Wildman–Crippen LogP) is 1.25. The van der Waals surface area contributed by atoms with E-state index in [2.05, 4.69) is 10.3 Å². The van der Waals surface area contributed by atoms with Gasteiger partial charge in [0.15, 0.2) is 0 Å². The minimum atomic E-state index is 0.342. The van der Waals surface area contributed by atoms with Crippen LogP contribution in [0.1, 0.15) is 12.8 Å². The summed E-state index contributed by atoms with van der Waals surface area (Å²) in [4.78, 5) is 4.15. The number of hydrogen-bond donors (Lipinski definition) is 2. The Hall–Kier alpha value is -1.29. The van der Waals surface area contributed by atoms with E-state index in [1.54, 1.807) is 6.20 Å². The number of nitrogens with one attached hydrogen (secondary N) is 1. The number of nitrogens with zero attached hydrogens (tertiary/aromatic N) is 1. The van der Waals surface area contributed by atoms with E-state index in [0.29, 0.717) is 11.8 Å². The fourth-order valence-corrected chi connectivity index (χ4v) is 1.53. The van der Waals surface area contributed by atoms with Gasteiger partial charge in [-0.3, -0.25) is 0 Å². The summed E-state index contributed by atoms with van der Waals surface area (Å²) in [6.07, 6.45) is 4.30. The largest absolute Gasteiger partial charge is 0.397 e. The molecule has 1 atom stereocenters. The van der Waals surface area contributed by atoms with Crippen molar-refractivity contribution in [2.75, 3.05) is 24.2 Å². The predicted molar refractivity (Wildman–Crippen MR) is 56.1 cm³/mol. The summed E-state index contributed by atoms with van der Waals surface area (Å²) in [7, 11) is 0. The molecule has 0 bridgehead atoms. The Balaban J connectivity index is 1.82. The minimum Gasteiger partial charge on any atom is -0.397 e. The van der Waals surface area contributed by atoms with Gasteiger partial charge in [-0.2, -0.15) is 0 Å². The van der Waals surface area contributed by atoms with Crippen LogP contribution >= 0.6 is 0 Å². The molecule has 1 aromatic rings. The van der Waals surface area contributed by atoms with Crippen molar-refractivity contribution >= 4 is 11.5 Å². The molecule has 3 N–H and O–H groups in total. The molecule has 1 aromatic heterocycles. The molecule has 1 aliphatic rings. The van der Waals surface area contributed by atoms with Crippen LogP contribution in [0.4, 0.5) is 11.5 Å². The molecule has 0 aliphatic carbocycles. The quantitative estimate of drug-likeness (QED) is 0.758. The van der Waals surface area contributed by atoms with Gasteiger partial charge in [0.25, 0.3) is 0 Å². The molecule has 2 heterocycles. The van der Waals surface area contributed by atoms with E-state index in [1.165, 1.54) is 6.42 Å². The highest BCUT2D eigenvalue weighted by Gasteiger charge is 2.14. The average molecular weight is 193 g/mol. The van der Waals surface area contributed by atoms with Gasteiger partial charge in [0.1, 0.15) is 5.82 Å². The highest BCUT2D eigenvalue weighted by atomic mass is 16.5. The molecule has 14 heavy (non-hydrogen) atoms. The van der Waals surface area contributed by atoms with Crippen LogP contribution in [0.25, 0.3) is 0 Å². The van der Waals surface area contributed by atoms with Gasteiger partial charge in [0, 0.05) is 13.2 Å². The monoisotopic (exact) mass is 193 g/mol. The van der Waals surface area contributed by atoms with E-state index < -0.39 is 0 Å². The third-order valence-electron chi connectivity index (χ3n) is 2.32. The Morgan fingerprint density at radius 2 is 2.50 bits per heavy atom. The molecule has 1 unspecified atom stereocenters. The van der Waals surface area contributed by atoms with Crippen LogP contribution in [0.3, 0.4) is 0 Å². The number of pyridine rings is 1. The molecule has 1 saturated heterocycles. The first kappa shape index (κ1) is 9.27. The maximum Gasteiger partial charge on any atom is 0.126 e. The Labute approximate surface area is 83.5 Å². The number of nitrogen functional groups attached to an aromatic ring is 1. The van der Waals surface area contributed by atoms with Gasteiger partial charge in [-0.25, -0.2) is 4.98 Å². The van der Waals surface area contributed by atoms with Crippen molar-refractivity contribution in [3.63, 3.8) is 0 Å². The van der Waals surface area contributed by atoms with Crippen molar-refractivity contribution in [1.29, 1.82) is 0 Å². The molecule has 0 aromatic carbocycles. The zero-order valence-electron chi connectivity index (χ0n) is 8.07. The summed E-state index contributed by atoms with van der Waals surface area (Å²) in [5.74, 6) is 0.856. The van der Waals surface area contributed by atoms with E-state index in [1.807, 2.05) is 12.1 Å². The lowest BCUT2D eigenvalue weighted by atomic mass is 10.2. The van der Waals surface area contributed by atoms with Gasteiger partial charge in [0.2, 0.25) is 0 Å². The summed E-state index contributed by atoms with van der Waals surface area (Å²) >= 11 is 0. The normalized spacial score (nSPS) is 21.0. The lowest BCUT2D eigenvalue weighted by Gasteiger charge is -2.10. The van der Waals surface area contributed by atoms with Crippen molar-refractivity contribution in [2.24, 2.45) is 0 Å². The average Bonchev–Trinajstić information content (AvgIpc) is 2.70. The van der Waals surface area contributed by atoms with E-state index in [-0.39, 0.29) is 0 Å². The fraction of sp³-hybridized carbons (Fsp3) is 0.500. The van der Waals surface area contributed by atoms with Crippen molar-refractivity contribution in [1.82, 2.24) is 4.98 Å². The van der Waals surface area contributed by atoms with Crippen molar-refractivity contribution in [3.8, 4) is 0 Å². The summed E-state index contributed by atoms with van der Waals surface area (Å²) in [5.41, 5.74) is 6.22. The van der Waals surface area contributed by atoms with E-state index >= 15 is 0 Å². The second-order valence-electron chi connectivity index (χ2n) is 3.49. The highest BCUT2D eigenvalue weighted by Crippen LogP contribution is 2.13. The molecule has 1 fully saturated rings. The van der Waals surface area contributed by atoms with Crippen LogP contribution in [0.5, 0.6) is 0 Å². The Kier molecular flexibility index (Phi) is 2.84. The topological polar surface area (TPSA) is 60.2 Å². The lowest BCUT2D eigenvalue weighted by Crippen LogP contribution is -2.18. The van der Waals surface area contributed by atoms with Gasteiger partial charge in [-0.1, -0.05) is 0 Å². The van der Waals surface area contributed by atoms with E-state index in [0.717, 1.165) is 25.4 Å². The molecular formula is C10H15N3O. The highest BCUT2D eigenvalue weighted by molar-refractivity contribution is 5.43. The summed E-state index contributed by atoms with van der Waals surface area (Å²) < 4.78 is 5.48. The van der Waals surface area contributed by atoms with Gasteiger partial charge in [0.05, 0.1) is 18.0 Å². The Morgan fingerprint density at radius 1 is 1.57 bits per heavy atom. The second kappa shape index (κ2) is 4.28. The molecule has 0 amide bonds. The van der Waals surface area contributed by atoms with E-state index in [4.69, 9.17) is 10.5 Å². The number of nitrogens with two attached hydrogens (primary N) is 1. The van der Waals surface area contributed by atoms with Crippen LogP contribution in [0, 0.1) is 0 Å². The molecule has 0 saturated carbocycles. The van der Waals surface area contributed by atoms with Crippen molar-refractivity contribution < 1.29 is 4.74 Å². The van der Waals surface area contributed by atoms with Gasteiger partial charge >= 0.3 is 0 Å². The zero-order chi connectivity index (χ0) is 9.80. The number of rotatable bonds is 3. The smallest absolute Gasteiger partial charge is 0.126 e. The summed E-state index contributed by atoms with van der Waals surface area (Å²) in [5, 5.41) is 3.22. The van der Waals surface area contributed by atoms with Crippen LogP contribution in [-0.2, 0) is 4.74 Å². The van der Waals surface area contributed by atoms with Gasteiger partial charge in [-0.15, -0.1) is 0 Å². The van der Waals surface area contributed by atoms with Crippen LogP contribution < -0.4 is 11.1 Å². The number of hydrogen-bond acceptors (Lipinski definition) is 4. The molecular weight excluding hydrogens is 178 g/mol. The molecule has 4 heteroatoms. The Morgan fingerprint density at radius 3 is 3.14 bits per heavy atom. The number of aromatic nitrogens is 1. The van der Waals surface area contributed by atoms with Crippen molar-refractivity contribution in [2.45, 2.75) is 18.9 Å². The van der Waals surface area contributed by atoms with Crippen LogP contribution in [-0.4, -0.2) is 24.2 Å². The third-order valence-corrected chi connectivity index (χ3v) is 2.32. The minimum absolute atomic E-state index is 0.342. The molecule has 4 nitrogen and oxygen atoms in total. The molecule has 76 valence electrons. The molecule has 0 spiro atoms. The lowest BCUT2D eigenvalue weighted by molar-refractivity contribution is 0.120. The molecule has 0 radical (unpaired) electrons. The molecule has 2 rings (SSSR count). The van der Waals surface area contributed by atoms with Crippen molar-refractivity contribution in [3.05, 3.63) is 18.3 Å². The van der Waals surface area contributed by atoms with Gasteiger partial charge < -0.3 is 15.8 Å². The van der Waals surface area contributed by atoms with E-state index in [9.17, 15) is 0 Å². The first-order valence-corrected chi connectivity index (χ1v) is 4.91. The van der Waals surface area contributed by atoms with Gasteiger partial charge in [-0.05, 0) is 25.0 Å². The maximum atomic E-state index is 5.53.